The van der Waals surface area contributed by atoms with Crippen LogP contribution in [0.15, 0.2) is 88.9 Å². The summed E-state index contributed by atoms with van der Waals surface area (Å²) in [4.78, 5) is 24.0. The lowest BCUT2D eigenvalue weighted by Crippen LogP contribution is -2.39. The molecule has 1 N–H and O–H groups in total. The summed E-state index contributed by atoms with van der Waals surface area (Å²) in [5, 5.41) is 3.89. The van der Waals surface area contributed by atoms with Crippen LogP contribution in [0.4, 0.5) is 10.5 Å². The van der Waals surface area contributed by atoms with Crippen LogP contribution in [0, 0.1) is 0 Å². The fourth-order valence-electron chi connectivity index (χ4n) is 2.95. The Balaban J connectivity index is 1.74. The van der Waals surface area contributed by atoms with Gasteiger partial charge in [-0.05, 0) is 48.0 Å². The van der Waals surface area contributed by atoms with E-state index in [2.05, 4.69) is 15.3 Å². The number of nitrogens with zero attached hydrogens (tertiary/aromatic N) is 2. The minimum Gasteiger partial charge on any atom is -0.493 e. The number of benzene rings is 3. The van der Waals surface area contributed by atoms with Crippen molar-refractivity contribution in [1.82, 2.24) is 5.43 Å². The van der Waals surface area contributed by atoms with Crippen molar-refractivity contribution in [2.75, 3.05) is 25.1 Å². The lowest BCUT2D eigenvalue weighted by molar-refractivity contribution is -0.119. The molecule has 11 heteroatoms. The summed E-state index contributed by atoms with van der Waals surface area (Å²) in [7, 11) is -1.42. The monoisotopic (exact) mass is 497 g/mol. The highest BCUT2D eigenvalue weighted by molar-refractivity contribution is 7.92. The topological polar surface area (TPSA) is 124 Å². The molecular weight excluding hydrogens is 474 g/mol. The van der Waals surface area contributed by atoms with Crippen LogP contribution in [0.5, 0.6) is 11.5 Å². The van der Waals surface area contributed by atoms with Crippen LogP contribution in [0.1, 0.15) is 5.56 Å². The van der Waals surface area contributed by atoms with Crippen LogP contribution < -0.4 is 19.2 Å². The van der Waals surface area contributed by atoms with Gasteiger partial charge in [-0.3, -0.25) is 9.10 Å². The average molecular weight is 498 g/mol. The molecule has 0 bridgehead atoms. The van der Waals surface area contributed by atoms with Crippen molar-refractivity contribution in [3.8, 4) is 11.5 Å². The fourth-order valence-corrected chi connectivity index (χ4v) is 4.40. The highest BCUT2D eigenvalue weighted by Gasteiger charge is 2.26. The molecule has 3 rings (SSSR count). The number of anilines is 1. The molecule has 0 spiro atoms. The van der Waals surface area contributed by atoms with Crippen LogP contribution in [0.2, 0.25) is 0 Å². The lowest BCUT2D eigenvalue weighted by Gasteiger charge is -2.23. The van der Waals surface area contributed by atoms with Crippen molar-refractivity contribution in [3.05, 3.63) is 84.4 Å². The molecule has 0 aliphatic carbocycles. The molecule has 0 radical (unpaired) electrons. The van der Waals surface area contributed by atoms with Gasteiger partial charge in [0.05, 0.1) is 31.0 Å². The number of hydrogen-bond acceptors (Lipinski definition) is 8. The maximum atomic E-state index is 13.2. The molecule has 0 heterocycles. The first-order valence-electron chi connectivity index (χ1n) is 10.2. The molecule has 0 aliphatic heterocycles. The van der Waals surface area contributed by atoms with Crippen LogP contribution in [-0.4, -0.2) is 47.5 Å². The van der Waals surface area contributed by atoms with Crippen LogP contribution >= 0.6 is 0 Å². The van der Waals surface area contributed by atoms with E-state index in [1.807, 2.05) is 0 Å². The third-order valence-corrected chi connectivity index (χ3v) is 6.40. The van der Waals surface area contributed by atoms with Gasteiger partial charge in [-0.2, -0.15) is 5.10 Å². The second-order valence-corrected chi connectivity index (χ2v) is 8.78. The van der Waals surface area contributed by atoms with E-state index >= 15 is 0 Å². The predicted molar refractivity (Wildman–Crippen MR) is 129 cm³/mol. The molecule has 3 aromatic rings. The highest BCUT2D eigenvalue weighted by atomic mass is 32.2. The third-order valence-electron chi connectivity index (χ3n) is 4.61. The van der Waals surface area contributed by atoms with Gasteiger partial charge in [0.2, 0.25) is 0 Å². The number of rotatable bonds is 9. The van der Waals surface area contributed by atoms with E-state index in [0.717, 1.165) is 4.31 Å². The van der Waals surface area contributed by atoms with Gasteiger partial charge in [-0.1, -0.05) is 36.4 Å². The van der Waals surface area contributed by atoms with Crippen molar-refractivity contribution in [3.63, 3.8) is 0 Å². The summed E-state index contributed by atoms with van der Waals surface area (Å²) < 4.78 is 42.0. The Hall–Kier alpha value is -4.38. The number of hydrazone groups is 1. The van der Waals surface area contributed by atoms with E-state index in [0.29, 0.717) is 11.3 Å². The molecule has 0 fully saturated rings. The van der Waals surface area contributed by atoms with Gasteiger partial charge < -0.3 is 14.2 Å². The largest absolute Gasteiger partial charge is 0.513 e. The van der Waals surface area contributed by atoms with Crippen molar-refractivity contribution >= 4 is 34.0 Å². The van der Waals surface area contributed by atoms with Gasteiger partial charge in [0.25, 0.3) is 15.9 Å². The van der Waals surface area contributed by atoms with E-state index in [4.69, 9.17) is 9.47 Å². The summed E-state index contributed by atoms with van der Waals surface area (Å²) >= 11 is 0. The molecule has 35 heavy (non-hydrogen) atoms. The van der Waals surface area contributed by atoms with Crippen molar-refractivity contribution in [2.45, 2.75) is 4.90 Å². The molecule has 0 aliphatic rings. The molecule has 0 aromatic heterocycles. The van der Waals surface area contributed by atoms with Crippen molar-refractivity contribution < 1.29 is 32.2 Å². The second kappa shape index (κ2) is 11.7. The van der Waals surface area contributed by atoms with E-state index in [1.165, 1.54) is 44.7 Å². The van der Waals surface area contributed by atoms with E-state index in [-0.39, 0.29) is 16.4 Å². The van der Waals surface area contributed by atoms with Gasteiger partial charge in [0.15, 0.2) is 11.5 Å². The van der Waals surface area contributed by atoms with Crippen molar-refractivity contribution in [1.29, 1.82) is 0 Å². The van der Waals surface area contributed by atoms with Gasteiger partial charge >= 0.3 is 6.16 Å². The summed E-state index contributed by atoms with van der Waals surface area (Å²) in [6.45, 7) is -0.492. The summed E-state index contributed by atoms with van der Waals surface area (Å²) in [5.74, 6) is -0.262. The summed E-state index contributed by atoms with van der Waals surface area (Å²) in [6.07, 6.45) is 0.436. The Labute approximate surface area is 202 Å². The van der Waals surface area contributed by atoms with Gasteiger partial charge in [0, 0.05) is 0 Å². The standard InChI is InChI=1S/C24H23N3O7S/c1-32-22-15-18(13-14-21(22)34-24(29)33-2)16-25-26-23(28)17-27(19-9-5-3-6-10-19)35(30,31)20-11-7-4-8-12-20/h3-16H,17H2,1-2H3,(H,26,28). The SMILES string of the molecule is COC(=O)Oc1ccc(C=NNC(=O)CN(c2ccccc2)S(=O)(=O)c2ccccc2)cc1OC. The zero-order valence-electron chi connectivity index (χ0n) is 19.0. The molecule has 0 saturated carbocycles. The number of nitrogens with one attached hydrogen (secondary N) is 1. The first-order chi connectivity index (χ1) is 16.8. The van der Waals surface area contributed by atoms with Gasteiger partial charge in [-0.15, -0.1) is 0 Å². The second-order valence-electron chi connectivity index (χ2n) is 6.92. The summed E-state index contributed by atoms with van der Waals surface area (Å²) in [6, 6.07) is 20.7. The lowest BCUT2D eigenvalue weighted by atomic mass is 10.2. The first-order valence-corrected chi connectivity index (χ1v) is 11.7. The number of carbonyl (C=O) groups excluding carboxylic acids is 2. The maximum absolute atomic E-state index is 13.2. The molecule has 1 amide bonds. The van der Waals surface area contributed by atoms with Crippen LogP contribution in [-0.2, 0) is 19.6 Å². The zero-order chi connectivity index (χ0) is 25.3. The Morgan fingerprint density at radius 1 is 0.943 bits per heavy atom. The molecule has 182 valence electrons. The Kier molecular flexibility index (Phi) is 8.41. The number of hydrogen-bond donors (Lipinski definition) is 1. The number of ether oxygens (including phenoxy) is 3. The Morgan fingerprint density at radius 2 is 1.60 bits per heavy atom. The normalized spacial score (nSPS) is 11.0. The third kappa shape index (κ3) is 6.58. The zero-order valence-corrected chi connectivity index (χ0v) is 19.8. The predicted octanol–water partition coefficient (Wildman–Crippen LogP) is 3.19. The van der Waals surface area contributed by atoms with Gasteiger partial charge in [-0.25, -0.2) is 18.6 Å². The number of methoxy groups -OCH3 is 2. The Bertz CT molecular complexity index is 1300. The molecule has 0 saturated heterocycles. The number of para-hydroxylation sites is 1. The first kappa shape index (κ1) is 25.2. The van der Waals surface area contributed by atoms with Gasteiger partial charge in [0.1, 0.15) is 6.54 Å². The quantitative estimate of drug-likeness (QED) is 0.208. The van der Waals surface area contributed by atoms with Crippen molar-refractivity contribution in [2.24, 2.45) is 5.10 Å². The summed E-state index contributed by atoms with van der Waals surface area (Å²) in [5.41, 5.74) is 3.19. The smallest absolute Gasteiger partial charge is 0.493 e. The van der Waals surface area contributed by atoms with E-state index < -0.39 is 28.6 Å². The average Bonchev–Trinajstić information content (AvgIpc) is 2.88. The fraction of sp³-hybridized carbons (Fsp3) is 0.125. The maximum Gasteiger partial charge on any atom is 0.513 e. The minimum atomic E-state index is -4.00. The minimum absolute atomic E-state index is 0.0570. The highest BCUT2D eigenvalue weighted by Crippen LogP contribution is 2.28. The van der Waals surface area contributed by atoms with Crippen LogP contribution in [0.3, 0.4) is 0 Å². The molecule has 0 atom stereocenters. The Morgan fingerprint density at radius 3 is 2.23 bits per heavy atom. The number of amides is 1. The van der Waals surface area contributed by atoms with E-state index in [1.54, 1.807) is 54.6 Å². The molecule has 0 unspecified atom stereocenters. The molecule has 10 nitrogen and oxygen atoms in total. The molecular formula is C24H23N3O7S. The number of carbonyl (C=O) groups is 2. The van der Waals surface area contributed by atoms with E-state index in [9.17, 15) is 18.0 Å². The molecule has 3 aromatic carbocycles. The van der Waals surface area contributed by atoms with Crippen LogP contribution in [0.25, 0.3) is 0 Å². The number of sulfonamides is 1.